The summed E-state index contributed by atoms with van der Waals surface area (Å²) in [5, 5.41) is 9.95. The van der Waals surface area contributed by atoms with Gasteiger partial charge in [-0.3, -0.25) is 4.79 Å². The van der Waals surface area contributed by atoms with Crippen molar-refractivity contribution in [2.24, 2.45) is 11.8 Å². The van der Waals surface area contributed by atoms with Crippen molar-refractivity contribution < 1.29 is 19.4 Å². The number of aliphatic hydroxyl groups excluding tert-OH is 1. The van der Waals surface area contributed by atoms with Gasteiger partial charge in [-0.15, -0.1) is 0 Å². The van der Waals surface area contributed by atoms with Crippen LogP contribution in [0.4, 0.5) is 0 Å². The molecule has 1 saturated heterocycles. The van der Waals surface area contributed by atoms with E-state index in [1.165, 1.54) is 0 Å². The molecule has 0 radical (unpaired) electrons. The average Bonchev–Trinajstić information content (AvgIpc) is 3.08. The molecule has 0 aromatic heterocycles. The van der Waals surface area contributed by atoms with Gasteiger partial charge in [-0.25, -0.2) is 0 Å². The minimum atomic E-state index is -0.252. The van der Waals surface area contributed by atoms with Gasteiger partial charge < -0.3 is 19.5 Å². The van der Waals surface area contributed by atoms with Gasteiger partial charge in [0.2, 0.25) is 0 Å². The molecule has 3 unspecified atom stereocenters. The highest BCUT2D eigenvalue weighted by atomic mass is 16.5. The normalized spacial score (nSPS) is 27.6. The van der Waals surface area contributed by atoms with Gasteiger partial charge in [0.05, 0.1) is 20.3 Å². The summed E-state index contributed by atoms with van der Waals surface area (Å²) in [6.45, 7) is 1.40. The zero-order valence-corrected chi connectivity index (χ0v) is 12.4. The molecule has 1 heterocycles. The smallest absolute Gasteiger partial charge is 0.254 e. The van der Waals surface area contributed by atoms with E-state index in [0.717, 1.165) is 19.4 Å². The van der Waals surface area contributed by atoms with Crippen molar-refractivity contribution in [3.05, 3.63) is 23.8 Å². The van der Waals surface area contributed by atoms with Gasteiger partial charge >= 0.3 is 0 Å². The maximum atomic E-state index is 12.6. The molecule has 0 spiro atoms. The number of rotatable bonds is 3. The predicted molar refractivity (Wildman–Crippen MR) is 77.7 cm³/mol. The molecule has 2 aliphatic rings. The molecule has 0 bridgehead atoms. The number of hydrogen-bond acceptors (Lipinski definition) is 4. The first-order valence-corrected chi connectivity index (χ1v) is 7.33. The van der Waals surface area contributed by atoms with Crippen LogP contribution in [0.2, 0.25) is 0 Å². The Hall–Kier alpha value is -1.75. The monoisotopic (exact) mass is 291 g/mol. The fraction of sp³-hybridized carbons (Fsp3) is 0.562. The third-order valence-corrected chi connectivity index (χ3v) is 4.74. The van der Waals surface area contributed by atoms with Crippen LogP contribution in [0.25, 0.3) is 0 Å². The molecule has 21 heavy (non-hydrogen) atoms. The number of carbonyl (C=O) groups excluding carboxylic acids is 1. The van der Waals surface area contributed by atoms with Crippen molar-refractivity contribution >= 4 is 5.91 Å². The number of amides is 1. The van der Waals surface area contributed by atoms with Gasteiger partial charge in [0.15, 0.2) is 11.5 Å². The Morgan fingerprint density at radius 1 is 1.19 bits per heavy atom. The zero-order valence-electron chi connectivity index (χ0n) is 12.4. The Kier molecular flexibility index (Phi) is 3.76. The second-order valence-electron chi connectivity index (χ2n) is 5.85. The molecule has 5 heteroatoms. The van der Waals surface area contributed by atoms with Gasteiger partial charge in [-0.05, 0) is 37.0 Å². The second-order valence-corrected chi connectivity index (χ2v) is 5.85. The Morgan fingerprint density at radius 3 is 2.62 bits per heavy atom. The third-order valence-electron chi connectivity index (χ3n) is 4.74. The van der Waals surface area contributed by atoms with Gasteiger partial charge in [-0.1, -0.05) is 0 Å². The molecule has 3 rings (SSSR count). The van der Waals surface area contributed by atoms with E-state index in [9.17, 15) is 9.90 Å². The topological polar surface area (TPSA) is 59.0 Å². The fourth-order valence-electron chi connectivity index (χ4n) is 3.55. The molecule has 1 aliphatic carbocycles. The average molecular weight is 291 g/mol. The number of carbonyl (C=O) groups is 1. The summed E-state index contributed by atoms with van der Waals surface area (Å²) in [6, 6.07) is 5.22. The minimum Gasteiger partial charge on any atom is -0.493 e. The molecule has 1 N–H and O–H groups in total. The molecule has 114 valence electrons. The number of benzene rings is 1. The number of hydrogen-bond donors (Lipinski definition) is 1. The Morgan fingerprint density at radius 2 is 1.95 bits per heavy atom. The Labute approximate surface area is 124 Å². The standard InChI is InChI=1S/C16H21NO4/c1-20-14-6-4-10(7-15(14)21-2)16(19)17-8-11-3-5-13(18)12(11)9-17/h4,6-7,11-13,18H,3,5,8-9H2,1-2H3. The molecule has 1 aliphatic heterocycles. The molecular formula is C16H21NO4. The molecular weight excluding hydrogens is 270 g/mol. The van der Waals surface area contributed by atoms with E-state index in [1.54, 1.807) is 32.4 Å². The zero-order chi connectivity index (χ0) is 15.0. The van der Waals surface area contributed by atoms with Gasteiger partial charge in [0.25, 0.3) is 5.91 Å². The highest BCUT2D eigenvalue weighted by molar-refractivity contribution is 5.95. The van der Waals surface area contributed by atoms with Gasteiger partial charge in [-0.2, -0.15) is 0 Å². The number of fused-ring (bicyclic) bond motifs is 1. The lowest BCUT2D eigenvalue weighted by molar-refractivity contribution is 0.0752. The number of likely N-dealkylation sites (tertiary alicyclic amines) is 1. The lowest BCUT2D eigenvalue weighted by Gasteiger charge is -2.19. The predicted octanol–water partition coefficient (Wildman–Crippen LogP) is 1.55. The summed E-state index contributed by atoms with van der Waals surface area (Å²) < 4.78 is 10.4. The summed E-state index contributed by atoms with van der Waals surface area (Å²) >= 11 is 0. The molecule has 1 aromatic carbocycles. The number of nitrogens with zero attached hydrogens (tertiary/aromatic N) is 1. The van der Waals surface area contributed by atoms with Crippen LogP contribution in [-0.2, 0) is 0 Å². The van der Waals surface area contributed by atoms with Crippen LogP contribution in [0.5, 0.6) is 11.5 Å². The quantitative estimate of drug-likeness (QED) is 0.918. The summed E-state index contributed by atoms with van der Waals surface area (Å²) in [5.74, 6) is 1.86. The van der Waals surface area contributed by atoms with Crippen LogP contribution < -0.4 is 9.47 Å². The van der Waals surface area contributed by atoms with Crippen LogP contribution in [0.1, 0.15) is 23.2 Å². The molecule has 5 nitrogen and oxygen atoms in total. The summed E-state index contributed by atoms with van der Waals surface area (Å²) in [7, 11) is 3.13. The van der Waals surface area contributed by atoms with Crippen LogP contribution in [-0.4, -0.2) is 49.3 Å². The van der Waals surface area contributed by atoms with Crippen molar-refractivity contribution in [3.8, 4) is 11.5 Å². The first-order valence-electron chi connectivity index (χ1n) is 7.33. The highest BCUT2D eigenvalue weighted by Crippen LogP contribution is 2.39. The first-order chi connectivity index (χ1) is 10.1. The fourth-order valence-corrected chi connectivity index (χ4v) is 3.55. The van der Waals surface area contributed by atoms with E-state index in [0.29, 0.717) is 29.5 Å². The van der Waals surface area contributed by atoms with Crippen LogP contribution in [0.3, 0.4) is 0 Å². The number of methoxy groups -OCH3 is 2. The van der Waals surface area contributed by atoms with Gasteiger partial charge in [0, 0.05) is 24.6 Å². The van der Waals surface area contributed by atoms with E-state index in [2.05, 4.69) is 0 Å². The Bertz CT molecular complexity index is 545. The third kappa shape index (κ3) is 2.46. The van der Waals surface area contributed by atoms with Gasteiger partial charge in [0.1, 0.15) is 0 Å². The maximum absolute atomic E-state index is 12.6. The molecule has 1 aromatic rings. The van der Waals surface area contributed by atoms with E-state index in [4.69, 9.17) is 9.47 Å². The molecule has 1 amide bonds. The van der Waals surface area contributed by atoms with Crippen molar-refractivity contribution in [3.63, 3.8) is 0 Å². The van der Waals surface area contributed by atoms with E-state index >= 15 is 0 Å². The molecule has 1 saturated carbocycles. The summed E-state index contributed by atoms with van der Waals surface area (Å²) in [5.41, 5.74) is 0.599. The minimum absolute atomic E-state index is 0.00227. The van der Waals surface area contributed by atoms with Crippen LogP contribution >= 0.6 is 0 Å². The molecule has 2 fully saturated rings. The molecule has 3 atom stereocenters. The maximum Gasteiger partial charge on any atom is 0.254 e. The highest BCUT2D eigenvalue weighted by Gasteiger charge is 2.43. The number of ether oxygens (including phenoxy) is 2. The lowest BCUT2D eigenvalue weighted by Crippen LogP contribution is -2.31. The van der Waals surface area contributed by atoms with E-state index < -0.39 is 0 Å². The second kappa shape index (κ2) is 5.56. The van der Waals surface area contributed by atoms with E-state index in [-0.39, 0.29) is 17.9 Å². The van der Waals surface area contributed by atoms with Crippen LogP contribution in [0, 0.1) is 11.8 Å². The summed E-state index contributed by atoms with van der Waals surface area (Å²) in [6.07, 6.45) is 1.63. The van der Waals surface area contributed by atoms with Crippen molar-refractivity contribution in [1.29, 1.82) is 0 Å². The van der Waals surface area contributed by atoms with Crippen molar-refractivity contribution in [2.45, 2.75) is 18.9 Å². The van der Waals surface area contributed by atoms with Crippen LogP contribution in [0.15, 0.2) is 18.2 Å². The SMILES string of the molecule is COc1ccc(C(=O)N2CC3CCC(O)C3C2)cc1OC. The number of aliphatic hydroxyl groups is 1. The first kappa shape index (κ1) is 14.2. The largest absolute Gasteiger partial charge is 0.493 e. The van der Waals surface area contributed by atoms with Crippen molar-refractivity contribution in [1.82, 2.24) is 4.90 Å². The van der Waals surface area contributed by atoms with Crippen molar-refractivity contribution in [2.75, 3.05) is 27.3 Å². The lowest BCUT2D eigenvalue weighted by atomic mass is 10.00. The Balaban J connectivity index is 1.77. The summed E-state index contributed by atoms with van der Waals surface area (Å²) in [4.78, 5) is 14.4. The van der Waals surface area contributed by atoms with E-state index in [1.807, 2.05) is 4.90 Å².